The van der Waals surface area contributed by atoms with Gasteiger partial charge < -0.3 is 15.1 Å². The molecular formula is C25H26ClIN4O3. The number of allylic oxidation sites excluding steroid dienone is 1. The molecule has 0 saturated carbocycles. The van der Waals surface area contributed by atoms with Crippen molar-refractivity contribution in [3.05, 3.63) is 86.2 Å². The molecule has 1 aliphatic heterocycles. The van der Waals surface area contributed by atoms with E-state index in [0.717, 1.165) is 14.8 Å². The van der Waals surface area contributed by atoms with E-state index in [9.17, 15) is 9.90 Å². The second kappa shape index (κ2) is 10.6. The van der Waals surface area contributed by atoms with Crippen molar-refractivity contribution in [1.82, 2.24) is 15.0 Å². The van der Waals surface area contributed by atoms with Gasteiger partial charge in [0.1, 0.15) is 0 Å². The molecule has 0 saturated heterocycles. The molecule has 2 heterocycles. The highest BCUT2D eigenvalue weighted by Gasteiger charge is 2.52. The maximum Gasteiger partial charge on any atom is 0.264 e. The van der Waals surface area contributed by atoms with Gasteiger partial charge in [0.2, 0.25) is 0 Å². The summed E-state index contributed by atoms with van der Waals surface area (Å²) in [4.78, 5) is 15.2. The first kappa shape index (κ1) is 24.8. The molecule has 3 aromatic rings. The van der Waals surface area contributed by atoms with Crippen LogP contribution in [-0.4, -0.2) is 37.7 Å². The molecule has 1 aliphatic rings. The lowest BCUT2D eigenvalue weighted by Gasteiger charge is -2.27. The monoisotopic (exact) mass is 592 g/mol. The van der Waals surface area contributed by atoms with Crippen LogP contribution in [0.15, 0.2) is 60.8 Å². The van der Waals surface area contributed by atoms with Gasteiger partial charge in [-0.3, -0.25) is 9.48 Å². The number of aliphatic hydroxyl groups is 2. The molecule has 0 spiro atoms. The Bertz CT molecular complexity index is 1210. The minimum absolute atomic E-state index is 0.0364. The van der Waals surface area contributed by atoms with Crippen molar-refractivity contribution in [3.63, 3.8) is 0 Å². The van der Waals surface area contributed by atoms with E-state index in [0.29, 0.717) is 42.2 Å². The zero-order valence-electron chi connectivity index (χ0n) is 18.7. The Morgan fingerprint density at radius 1 is 1.26 bits per heavy atom. The van der Waals surface area contributed by atoms with E-state index in [1.165, 1.54) is 0 Å². The fourth-order valence-electron chi connectivity index (χ4n) is 4.22. The van der Waals surface area contributed by atoms with E-state index < -0.39 is 11.5 Å². The minimum Gasteiger partial charge on any atom is -0.396 e. The highest BCUT2D eigenvalue weighted by atomic mass is 127. The van der Waals surface area contributed by atoms with E-state index in [-0.39, 0.29) is 12.5 Å². The van der Waals surface area contributed by atoms with Crippen molar-refractivity contribution < 1.29 is 15.0 Å². The van der Waals surface area contributed by atoms with Gasteiger partial charge in [0, 0.05) is 45.8 Å². The number of aryl methyl sites for hydroxylation is 1. The summed E-state index contributed by atoms with van der Waals surface area (Å²) in [6, 6.07) is 13.2. The third-order valence-corrected chi connectivity index (χ3v) is 6.93. The van der Waals surface area contributed by atoms with E-state index in [1.54, 1.807) is 27.8 Å². The molecule has 2 N–H and O–H groups in total. The molecule has 34 heavy (non-hydrogen) atoms. The zero-order chi connectivity index (χ0) is 24.3. The van der Waals surface area contributed by atoms with E-state index in [2.05, 4.69) is 32.9 Å². The molecule has 9 heteroatoms. The standard InChI is InChI=1S/C25H26ClIN4O3/c1-17(5-2-3-11-30-16-21(10-12-32)28-29-30)25(34)22-14-19(26)8-9-23(22)31(24(25)33)15-18-6-4-7-20(27)13-18/h2,4-9,13-14,16-17,32,34H,3,10-12,15H2,1H3/b5-2+/t17-,25+/m1/s1. The van der Waals surface area contributed by atoms with Crippen molar-refractivity contribution in [1.29, 1.82) is 0 Å². The number of anilines is 1. The highest BCUT2D eigenvalue weighted by molar-refractivity contribution is 14.1. The number of carbonyl (C=O) groups is 1. The minimum atomic E-state index is -1.71. The van der Waals surface area contributed by atoms with Gasteiger partial charge in [0.05, 0.1) is 17.9 Å². The molecule has 4 rings (SSSR count). The molecule has 1 amide bonds. The van der Waals surface area contributed by atoms with Gasteiger partial charge in [-0.1, -0.05) is 48.0 Å². The normalized spacial score (nSPS) is 18.6. The largest absolute Gasteiger partial charge is 0.396 e. The van der Waals surface area contributed by atoms with Crippen LogP contribution in [0.4, 0.5) is 5.69 Å². The third-order valence-electron chi connectivity index (χ3n) is 6.02. The van der Waals surface area contributed by atoms with Gasteiger partial charge in [-0.15, -0.1) is 5.10 Å². The number of aliphatic hydroxyl groups excluding tert-OH is 1. The van der Waals surface area contributed by atoms with Crippen LogP contribution in [0.3, 0.4) is 0 Å². The number of benzene rings is 2. The number of carbonyl (C=O) groups excluding carboxylic acids is 1. The SMILES string of the molecule is C[C@H](/C=C/CCn1cc(CCO)nn1)[C@@]1(O)C(=O)N(Cc2cccc(I)c2)c2ccc(Cl)cc21. The Labute approximate surface area is 217 Å². The predicted molar refractivity (Wildman–Crippen MR) is 139 cm³/mol. The number of nitrogens with zero attached hydrogens (tertiary/aromatic N) is 4. The van der Waals surface area contributed by atoms with Crippen molar-refractivity contribution in [2.45, 2.75) is 38.5 Å². The Kier molecular flexibility index (Phi) is 7.71. The van der Waals surface area contributed by atoms with Gasteiger partial charge in [-0.05, 0) is 64.9 Å². The van der Waals surface area contributed by atoms with Gasteiger partial charge >= 0.3 is 0 Å². The Hall–Kier alpha value is -2.27. The summed E-state index contributed by atoms with van der Waals surface area (Å²) in [6.07, 6.45) is 6.75. The lowest BCUT2D eigenvalue weighted by Crippen LogP contribution is -2.44. The van der Waals surface area contributed by atoms with E-state index in [4.69, 9.17) is 16.7 Å². The quantitative estimate of drug-likeness (QED) is 0.289. The number of fused-ring (bicyclic) bond motifs is 1. The van der Waals surface area contributed by atoms with Crippen molar-refractivity contribution >= 4 is 45.8 Å². The van der Waals surface area contributed by atoms with Crippen LogP contribution >= 0.6 is 34.2 Å². The maximum absolute atomic E-state index is 13.6. The van der Waals surface area contributed by atoms with Crippen LogP contribution in [0.5, 0.6) is 0 Å². The number of amides is 1. The number of hydrogen-bond donors (Lipinski definition) is 2. The van der Waals surface area contributed by atoms with Gasteiger partial charge in [-0.25, -0.2) is 0 Å². The third kappa shape index (κ3) is 5.05. The molecule has 2 atom stereocenters. The Morgan fingerprint density at radius 3 is 2.85 bits per heavy atom. The van der Waals surface area contributed by atoms with E-state index in [1.807, 2.05) is 49.5 Å². The van der Waals surface area contributed by atoms with Crippen LogP contribution in [0, 0.1) is 9.49 Å². The molecule has 0 radical (unpaired) electrons. The van der Waals surface area contributed by atoms with Gasteiger partial charge in [-0.2, -0.15) is 0 Å². The molecule has 0 aliphatic carbocycles. The molecule has 0 fully saturated rings. The summed E-state index contributed by atoms with van der Waals surface area (Å²) in [5.41, 5.74) is 1.22. The van der Waals surface area contributed by atoms with Crippen molar-refractivity contribution in [3.8, 4) is 0 Å². The first-order valence-corrected chi connectivity index (χ1v) is 12.5. The summed E-state index contributed by atoms with van der Waals surface area (Å²) in [7, 11) is 0. The molecule has 7 nitrogen and oxygen atoms in total. The topological polar surface area (TPSA) is 91.5 Å². The molecule has 0 unspecified atom stereocenters. The summed E-state index contributed by atoms with van der Waals surface area (Å²) in [5.74, 6) is -0.829. The average Bonchev–Trinajstić information content (AvgIpc) is 3.34. The summed E-state index contributed by atoms with van der Waals surface area (Å²) in [5, 5.41) is 29.3. The summed E-state index contributed by atoms with van der Waals surface area (Å²) >= 11 is 8.51. The van der Waals surface area contributed by atoms with Crippen molar-refractivity contribution in [2.24, 2.45) is 5.92 Å². The zero-order valence-corrected chi connectivity index (χ0v) is 21.6. The number of rotatable bonds is 9. The van der Waals surface area contributed by atoms with Crippen LogP contribution in [-0.2, 0) is 29.9 Å². The van der Waals surface area contributed by atoms with Crippen LogP contribution in [0.1, 0.15) is 30.2 Å². The number of halogens is 2. The Balaban J connectivity index is 1.53. The molecule has 0 bridgehead atoms. The van der Waals surface area contributed by atoms with E-state index >= 15 is 0 Å². The Morgan fingerprint density at radius 2 is 2.09 bits per heavy atom. The number of hydrogen-bond acceptors (Lipinski definition) is 5. The second-order valence-corrected chi connectivity index (χ2v) is 10.1. The van der Waals surface area contributed by atoms with Gasteiger partial charge in [0.15, 0.2) is 5.60 Å². The van der Waals surface area contributed by atoms with Crippen molar-refractivity contribution in [2.75, 3.05) is 11.5 Å². The molecule has 2 aromatic carbocycles. The van der Waals surface area contributed by atoms with Crippen LogP contribution in [0.2, 0.25) is 5.02 Å². The first-order valence-electron chi connectivity index (χ1n) is 11.1. The lowest BCUT2D eigenvalue weighted by atomic mass is 9.83. The molecule has 178 valence electrons. The maximum atomic E-state index is 13.6. The summed E-state index contributed by atoms with van der Waals surface area (Å²) in [6.45, 7) is 2.85. The second-order valence-electron chi connectivity index (χ2n) is 8.40. The highest BCUT2D eigenvalue weighted by Crippen LogP contribution is 2.46. The fraction of sp³-hybridized carbons (Fsp3) is 0.320. The first-order chi connectivity index (χ1) is 16.3. The predicted octanol–water partition coefficient (Wildman–Crippen LogP) is 4.09. The smallest absolute Gasteiger partial charge is 0.264 e. The van der Waals surface area contributed by atoms with Crippen LogP contribution < -0.4 is 4.90 Å². The molecular weight excluding hydrogens is 567 g/mol. The lowest BCUT2D eigenvalue weighted by molar-refractivity contribution is -0.139. The van der Waals surface area contributed by atoms with Crippen LogP contribution in [0.25, 0.3) is 0 Å². The molecule has 1 aromatic heterocycles. The fourth-order valence-corrected chi connectivity index (χ4v) is 5.00. The summed E-state index contributed by atoms with van der Waals surface area (Å²) < 4.78 is 2.80. The number of aromatic nitrogens is 3. The average molecular weight is 593 g/mol. The van der Waals surface area contributed by atoms with Gasteiger partial charge in [0.25, 0.3) is 5.91 Å².